The van der Waals surface area contributed by atoms with Gasteiger partial charge in [0.25, 0.3) is 0 Å². The Labute approximate surface area is 87.5 Å². The molecule has 0 fully saturated rings. The highest BCUT2D eigenvalue weighted by atomic mass is 79.9. The van der Waals surface area contributed by atoms with Crippen molar-refractivity contribution in [2.75, 3.05) is 5.33 Å². The van der Waals surface area contributed by atoms with Crippen molar-refractivity contribution >= 4 is 15.9 Å². The third kappa shape index (κ3) is 3.04. The van der Waals surface area contributed by atoms with Crippen molar-refractivity contribution in [3.8, 4) is 11.8 Å². The summed E-state index contributed by atoms with van der Waals surface area (Å²) in [5.41, 5.74) is -0.606. The fraction of sp³-hybridized carbons (Fsp3) is 0.222. The van der Waals surface area contributed by atoms with Gasteiger partial charge in [-0.25, -0.2) is 4.98 Å². The fourth-order valence-corrected chi connectivity index (χ4v) is 0.939. The Kier molecular flexibility index (Phi) is 3.53. The van der Waals surface area contributed by atoms with Gasteiger partial charge in [-0.05, 0) is 18.1 Å². The SMILES string of the molecule is FC(F)(F)c1ccnc(C#CCBr)c1. The molecular weight excluding hydrogens is 259 g/mol. The minimum atomic E-state index is -4.34. The average Bonchev–Trinajstić information content (AvgIpc) is 2.14. The smallest absolute Gasteiger partial charge is 0.248 e. The Balaban J connectivity index is 3.02. The Morgan fingerprint density at radius 1 is 1.43 bits per heavy atom. The van der Waals surface area contributed by atoms with E-state index >= 15 is 0 Å². The Morgan fingerprint density at radius 2 is 2.14 bits per heavy atom. The van der Waals surface area contributed by atoms with Gasteiger partial charge < -0.3 is 0 Å². The van der Waals surface area contributed by atoms with Crippen molar-refractivity contribution in [1.29, 1.82) is 0 Å². The van der Waals surface area contributed by atoms with Gasteiger partial charge >= 0.3 is 6.18 Å². The van der Waals surface area contributed by atoms with Crippen LogP contribution in [0.2, 0.25) is 0 Å². The van der Waals surface area contributed by atoms with Crippen LogP contribution >= 0.6 is 15.9 Å². The number of hydrogen-bond donors (Lipinski definition) is 0. The van der Waals surface area contributed by atoms with Gasteiger partial charge in [-0.2, -0.15) is 13.2 Å². The molecule has 0 aliphatic rings. The van der Waals surface area contributed by atoms with E-state index in [2.05, 4.69) is 32.8 Å². The number of halogens is 4. The summed E-state index contributed by atoms with van der Waals surface area (Å²) in [6, 6.07) is 1.84. The highest BCUT2D eigenvalue weighted by Gasteiger charge is 2.30. The molecule has 0 amide bonds. The van der Waals surface area contributed by atoms with Gasteiger partial charge in [-0.3, -0.25) is 0 Å². The summed E-state index contributed by atoms with van der Waals surface area (Å²) >= 11 is 3.04. The highest BCUT2D eigenvalue weighted by molar-refractivity contribution is 9.09. The van der Waals surface area contributed by atoms with Crippen LogP contribution in [0.25, 0.3) is 0 Å². The third-order valence-electron chi connectivity index (χ3n) is 1.37. The molecule has 1 nitrogen and oxygen atoms in total. The van der Waals surface area contributed by atoms with Gasteiger partial charge in [0.2, 0.25) is 0 Å². The molecule has 14 heavy (non-hydrogen) atoms. The zero-order chi connectivity index (χ0) is 10.6. The Morgan fingerprint density at radius 3 is 2.71 bits per heavy atom. The largest absolute Gasteiger partial charge is 0.416 e. The van der Waals surface area contributed by atoms with E-state index in [1.54, 1.807) is 0 Å². The zero-order valence-electron chi connectivity index (χ0n) is 6.90. The molecule has 0 aliphatic carbocycles. The number of aromatic nitrogens is 1. The molecular formula is C9H5BrF3N. The highest BCUT2D eigenvalue weighted by Crippen LogP contribution is 2.28. The number of rotatable bonds is 0. The molecule has 0 aliphatic heterocycles. The maximum atomic E-state index is 12.2. The summed E-state index contributed by atoms with van der Waals surface area (Å²) < 4.78 is 36.6. The van der Waals surface area contributed by atoms with E-state index in [0.717, 1.165) is 18.3 Å². The van der Waals surface area contributed by atoms with E-state index in [-0.39, 0.29) is 5.69 Å². The first-order valence-electron chi connectivity index (χ1n) is 3.62. The van der Waals surface area contributed by atoms with E-state index in [1.165, 1.54) is 0 Å². The zero-order valence-corrected chi connectivity index (χ0v) is 8.48. The van der Waals surface area contributed by atoms with Crippen LogP contribution in [0, 0.1) is 11.8 Å². The molecule has 0 radical (unpaired) electrons. The average molecular weight is 264 g/mol. The lowest BCUT2D eigenvalue weighted by atomic mass is 10.2. The third-order valence-corrected chi connectivity index (χ3v) is 1.65. The van der Waals surface area contributed by atoms with Crippen LogP contribution in [0.3, 0.4) is 0 Å². The van der Waals surface area contributed by atoms with Crippen molar-refractivity contribution in [2.24, 2.45) is 0 Å². The molecule has 1 rings (SSSR count). The Bertz CT molecular complexity index is 376. The van der Waals surface area contributed by atoms with Crippen LogP contribution in [-0.4, -0.2) is 10.3 Å². The predicted octanol–water partition coefficient (Wildman–Crippen LogP) is 2.85. The molecule has 0 atom stereocenters. The number of alkyl halides is 4. The number of nitrogens with zero attached hydrogens (tertiary/aromatic N) is 1. The van der Waals surface area contributed by atoms with Crippen LogP contribution in [0.1, 0.15) is 11.3 Å². The van der Waals surface area contributed by atoms with E-state index in [1.807, 2.05) is 0 Å². The first-order valence-corrected chi connectivity index (χ1v) is 4.74. The number of hydrogen-bond acceptors (Lipinski definition) is 1. The molecule has 5 heteroatoms. The molecule has 0 N–H and O–H groups in total. The summed E-state index contributed by atoms with van der Waals surface area (Å²) in [6.07, 6.45) is -3.24. The fourth-order valence-electron chi connectivity index (χ4n) is 0.799. The summed E-state index contributed by atoms with van der Waals surface area (Å²) in [5.74, 6) is 5.08. The number of pyridine rings is 1. The van der Waals surface area contributed by atoms with Gasteiger partial charge in [-0.15, -0.1) is 0 Å². The van der Waals surface area contributed by atoms with Crippen molar-refractivity contribution in [2.45, 2.75) is 6.18 Å². The van der Waals surface area contributed by atoms with Crippen LogP contribution < -0.4 is 0 Å². The standard InChI is InChI=1S/C9H5BrF3N/c10-4-1-2-8-6-7(3-5-14-8)9(11,12)13/h3,5-6H,4H2. The minimum Gasteiger partial charge on any atom is -0.248 e. The lowest BCUT2D eigenvalue weighted by Gasteiger charge is -2.05. The Hall–Kier alpha value is -1.02. The lowest BCUT2D eigenvalue weighted by molar-refractivity contribution is -0.137. The molecule has 1 aromatic heterocycles. The summed E-state index contributed by atoms with van der Waals surface area (Å²) in [7, 11) is 0. The molecule has 1 aromatic rings. The van der Waals surface area contributed by atoms with Crippen molar-refractivity contribution < 1.29 is 13.2 Å². The van der Waals surface area contributed by atoms with Crippen LogP contribution in [-0.2, 0) is 6.18 Å². The second-order valence-electron chi connectivity index (χ2n) is 2.36. The maximum Gasteiger partial charge on any atom is 0.416 e. The molecule has 0 aromatic carbocycles. The summed E-state index contributed by atoms with van der Waals surface area (Å²) in [4.78, 5) is 3.70. The van der Waals surface area contributed by atoms with Crippen LogP contribution in [0.15, 0.2) is 18.3 Å². The van der Waals surface area contributed by atoms with Gasteiger partial charge in [-0.1, -0.05) is 21.9 Å². The van der Waals surface area contributed by atoms with Crippen LogP contribution in [0.4, 0.5) is 13.2 Å². The van der Waals surface area contributed by atoms with E-state index < -0.39 is 11.7 Å². The first kappa shape index (κ1) is 11.1. The van der Waals surface area contributed by atoms with E-state index in [0.29, 0.717) is 5.33 Å². The summed E-state index contributed by atoms with van der Waals surface area (Å²) in [6.45, 7) is 0. The lowest BCUT2D eigenvalue weighted by Crippen LogP contribution is -2.05. The first-order chi connectivity index (χ1) is 6.54. The quantitative estimate of drug-likeness (QED) is 0.518. The molecule has 0 unspecified atom stereocenters. The normalized spacial score (nSPS) is 10.6. The molecule has 0 spiro atoms. The monoisotopic (exact) mass is 263 g/mol. The topological polar surface area (TPSA) is 12.9 Å². The minimum absolute atomic E-state index is 0.124. The molecule has 0 saturated carbocycles. The van der Waals surface area contributed by atoms with Crippen molar-refractivity contribution in [3.63, 3.8) is 0 Å². The molecule has 74 valence electrons. The van der Waals surface area contributed by atoms with Gasteiger partial charge in [0, 0.05) is 6.20 Å². The maximum absolute atomic E-state index is 12.2. The van der Waals surface area contributed by atoms with Gasteiger partial charge in [0.05, 0.1) is 10.9 Å². The second-order valence-corrected chi connectivity index (χ2v) is 2.92. The van der Waals surface area contributed by atoms with Crippen LogP contribution in [0.5, 0.6) is 0 Å². The van der Waals surface area contributed by atoms with Gasteiger partial charge in [0.15, 0.2) is 0 Å². The van der Waals surface area contributed by atoms with Crippen molar-refractivity contribution in [1.82, 2.24) is 4.98 Å². The van der Waals surface area contributed by atoms with Gasteiger partial charge in [0.1, 0.15) is 5.69 Å². The molecule has 0 bridgehead atoms. The predicted molar refractivity (Wildman–Crippen MR) is 49.9 cm³/mol. The molecule has 1 heterocycles. The van der Waals surface area contributed by atoms with Crippen molar-refractivity contribution in [3.05, 3.63) is 29.6 Å². The second kappa shape index (κ2) is 4.47. The molecule has 0 saturated heterocycles. The summed E-state index contributed by atoms with van der Waals surface area (Å²) in [5, 5.41) is 0.408. The van der Waals surface area contributed by atoms with E-state index in [9.17, 15) is 13.2 Å². The van der Waals surface area contributed by atoms with E-state index in [4.69, 9.17) is 0 Å².